The Hall–Kier alpha value is -3.06. The van der Waals surface area contributed by atoms with E-state index in [0.29, 0.717) is 6.42 Å². The molecule has 1 amide bonds. The summed E-state index contributed by atoms with van der Waals surface area (Å²) in [5.41, 5.74) is 1.62. The minimum absolute atomic E-state index is 0.0840. The van der Waals surface area contributed by atoms with Crippen LogP contribution in [0.5, 0.6) is 0 Å². The van der Waals surface area contributed by atoms with E-state index in [9.17, 15) is 4.79 Å². The topological polar surface area (TPSA) is 67.2 Å². The number of hydrogen-bond donors (Lipinski definition) is 0. The van der Waals surface area contributed by atoms with E-state index in [4.69, 9.17) is 0 Å². The Kier molecular flexibility index (Phi) is 5.90. The highest BCUT2D eigenvalue weighted by Gasteiger charge is 2.47. The molecule has 0 atom stereocenters. The number of anilines is 1. The Morgan fingerprint density at radius 1 is 1.03 bits per heavy atom. The Morgan fingerprint density at radius 3 is 2.23 bits per heavy atom. The van der Waals surface area contributed by atoms with Crippen molar-refractivity contribution in [2.24, 2.45) is 7.05 Å². The fourth-order valence-electron chi connectivity index (χ4n) is 4.46. The molecule has 1 aliphatic heterocycles. The van der Waals surface area contributed by atoms with Crippen LogP contribution in [0, 0.1) is 0 Å². The molecule has 7 heteroatoms. The molecule has 0 radical (unpaired) electrons. The van der Waals surface area contributed by atoms with Crippen molar-refractivity contribution in [1.29, 1.82) is 0 Å². The minimum atomic E-state index is -0.570. The number of carbonyl (C=O) groups excluding carboxylic acids is 1. The lowest BCUT2D eigenvalue weighted by Crippen LogP contribution is -2.56. The van der Waals surface area contributed by atoms with Crippen molar-refractivity contribution in [1.82, 2.24) is 25.1 Å². The van der Waals surface area contributed by atoms with E-state index in [-0.39, 0.29) is 5.91 Å². The van der Waals surface area contributed by atoms with Gasteiger partial charge in [-0.25, -0.2) is 4.68 Å². The Morgan fingerprint density at radius 2 is 1.67 bits per heavy atom. The summed E-state index contributed by atoms with van der Waals surface area (Å²) >= 11 is 0. The lowest BCUT2D eigenvalue weighted by Gasteiger charge is -2.47. The van der Waals surface area contributed by atoms with Gasteiger partial charge in [-0.1, -0.05) is 55.5 Å². The predicted octanol–water partition coefficient (Wildman–Crippen LogP) is 3.14. The summed E-state index contributed by atoms with van der Waals surface area (Å²) in [7, 11) is 1.85. The highest BCUT2D eigenvalue weighted by atomic mass is 16.2. The first kappa shape index (κ1) is 20.2. The number of carbonyl (C=O) groups is 1. The summed E-state index contributed by atoms with van der Waals surface area (Å²) in [6.45, 7) is 4.54. The quantitative estimate of drug-likeness (QED) is 0.631. The van der Waals surface area contributed by atoms with E-state index in [1.165, 1.54) is 5.56 Å². The van der Waals surface area contributed by atoms with Gasteiger partial charge in [0, 0.05) is 38.8 Å². The average molecular weight is 405 g/mol. The Balaban J connectivity index is 1.68. The maximum atomic E-state index is 13.2. The smallest absolute Gasteiger partial charge is 0.227 e. The van der Waals surface area contributed by atoms with Gasteiger partial charge < -0.3 is 0 Å². The van der Waals surface area contributed by atoms with Crippen molar-refractivity contribution in [2.45, 2.75) is 38.3 Å². The molecule has 0 N–H and O–H groups in total. The largest absolute Gasteiger partial charge is 0.299 e. The first-order valence-corrected chi connectivity index (χ1v) is 10.5. The lowest BCUT2D eigenvalue weighted by atomic mass is 9.83. The van der Waals surface area contributed by atoms with E-state index in [2.05, 4.69) is 44.7 Å². The van der Waals surface area contributed by atoms with Crippen LogP contribution in [0.25, 0.3) is 0 Å². The lowest BCUT2D eigenvalue weighted by molar-refractivity contribution is -0.120. The summed E-state index contributed by atoms with van der Waals surface area (Å²) in [6, 6.07) is 20.4. The molecule has 7 nitrogen and oxygen atoms in total. The number of aryl methyl sites for hydroxylation is 1. The van der Waals surface area contributed by atoms with Gasteiger partial charge in [0.2, 0.25) is 5.91 Å². The molecular formula is C23H28N6O. The van der Waals surface area contributed by atoms with Gasteiger partial charge >= 0.3 is 0 Å². The van der Waals surface area contributed by atoms with Crippen molar-refractivity contribution in [3.05, 3.63) is 72.1 Å². The SMILES string of the molecule is CCC(=O)N(c1ccccc1)C1(c2nnnn2C)CCN(Cc2ccccc2)CC1. The zero-order chi connectivity index (χ0) is 21.0. The summed E-state index contributed by atoms with van der Waals surface area (Å²) in [6.07, 6.45) is 1.97. The number of para-hydroxylation sites is 1. The van der Waals surface area contributed by atoms with Crippen molar-refractivity contribution in [3.8, 4) is 0 Å². The van der Waals surface area contributed by atoms with Gasteiger partial charge in [-0.2, -0.15) is 0 Å². The van der Waals surface area contributed by atoms with Gasteiger partial charge in [0.05, 0.1) is 0 Å². The van der Waals surface area contributed by atoms with Crippen molar-refractivity contribution in [3.63, 3.8) is 0 Å². The molecule has 0 unspecified atom stereocenters. The van der Waals surface area contributed by atoms with E-state index in [1.54, 1.807) is 4.68 Å². The van der Waals surface area contributed by atoms with Gasteiger partial charge in [0.15, 0.2) is 5.82 Å². The first-order chi connectivity index (χ1) is 14.6. The maximum Gasteiger partial charge on any atom is 0.227 e. The molecule has 3 aromatic rings. The number of hydrogen-bond acceptors (Lipinski definition) is 5. The molecule has 1 saturated heterocycles. The Bertz CT molecular complexity index is 964. The number of likely N-dealkylation sites (tertiary alicyclic amines) is 1. The van der Waals surface area contributed by atoms with Crippen LogP contribution in [0.15, 0.2) is 60.7 Å². The van der Waals surface area contributed by atoms with E-state index < -0.39 is 5.54 Å². The van der Waals surface area contributed by atoms with Crippen LogP contribution in [0.4, 0.5) is 5.69 Å². The molecule has 0 spiro atoms. The second-order valence-electron chi connectivity index (χ2n) is 7.84. The zero-order valence-corrected chi connectivity index (χ0v) is 17.6. The van der Waals surface area contributed by atoms with Gasteiger partial charge in [-0.05, 0) is 41.0 Å². The van der Waals surface area contributed by atoms with Crippen molar-refractivity contribution < 1.29 is 4.79 Å². The summed E-state index contributed by atoms with van der Waals surface area (Å²) in [5, 5.41) is 12.4. The number of tetrazole rings is 1. The number of nitrogens with zero attached hydrogens (tertiary/aromatic N) is 6. The fraction of sp³-hybridized carbons (Fsp3) is 0.391. The molecule has 2 aromatic carbocycles. The minimum Gasteiger partial charge on any atom is -0.299 e. The molecule has 30 heavy (non-hydrogen) atoms. The van der Waals surface area contributed by atoms with Crippen LogP contribution in [-0.2, 0) is 23.9 Å². The number of aromatic nitrogens is 4. The van der Waals surface area contributed by atoms with Crippen molar-refractivity contribution in [2.75, 3.05) is 18.0 Å². The fourth-order valence-corrected chi connectivity index (χ4v) is 4.46. The molecular weight excluding hydrogens is 376 g/mol. The third-order valence-corrected chi connectivity index (χ3v) is 5.96. The van der Waals surface area contributed by atoms with E-state index in [1.807, 2.05) is 55.3 Å². The number of benzene rings is 2. The van der Waals surface area contributed by atoms with Crippen LogP contribution in [0.3, 0.4) is 0 Å². The maximum absolute atomic E-state index is 13.2. The summed E-state index contributed by atoms with van der Waals surface area (Å²) < 4.78 is 1.71. The number of amides is 1. The van der Waals surface area contributed by atoms with Crippen molar-refractivity contribution >= 4 is 11.6 Å². The predicted molar refractivity (Wildman–Crippen MR) is 116 cm³/mol. The second-order valence-corrected chi connectivity index (χ2v) is 7.84. The average Bonchev–Trinajstić information content (AvgIpc) is 3.23. The summed E-state index contributed by atoms with van der Waals surface area (Å²) in [4.78, 5) is 17.6. The molecule has 0 saturated carbocycles. The van der Waals surface area contributed by atoms with Gasteiger partial charge in [0.1, 0.15) is 5.54 Å². The van der Waals surface area contributed by atoms with Crippen LogP contribution < -0.4 is 4.90 Å². The van der Waals surface area contributed by atoms with E-state index >= 15 is 0 Å². The highest BCUT2D eigenvalue weighted by Crippen LogP contribution is 2.41. The highest BCUT2D eigenvalue weighted by molar-refractivity contribution is 5.94. The third kappa shape index (κ3) is 3.85. The standard InChI is InChI=1S/C23H28N6O/c1-3-21(30)29(20-12-8-5-9-13-20)23(22-24-25-26-27(22)2)14-16-28(17-15-23)18-19-10-6-4-7-11-19/h4-13H,3,14-18H2,1-2H3. The molecule has 156 valence electrons. The molecule has 2 heterocycles. The second kappa shape index (κ2) is 8.75. The van der Waals surface area contributed by atoms with E-state index in [0.717, 1.165) is 44.0 Å². The van der Waals surface area contributed by atoms with Crippen LogP contribution in [-0.4, -0.2) is 44.1 Å². The van der Waals surface area contributed by atoms with Crippen LogP contribution >= 0.6 is 0 Å². The molecule has 1 aliphatic rings. The van der Waals surface area contributed by atoms with Gasteiger partial charge in [-0.15, -0.1) is 5.10 Å². The zero-order valence-electron chi connectivity index (χ0n) is 17.6. The van der Waals surface area contributed by atoms with Gasteiger partial charge in [0.25, 0.3) is 0 Å². The normalized spacial score (nSPS) is 16.3. The first-order valence-electron chi connectivity index (χ1n) is 10.5. The monoisotopic (exact) mass is 404 g/mol. The number of rotatable bonds is 6. The molecule has 4 rings (SSSR count). The molecule has 0 aliphatic carbocycles. The molecule has 1 fully saturated rings. The van der Waals surface area contributed by atoms with Crippen LogP contribution in [0.2, 0.25) is 0 Å². The molecule has 0 bridgehead atoms. The third-order valence-electron chi connectivity index (χ3n) is 5.96. The number of piperidine rings is 1. The molecule has 1 aromatic heterocycles. The summed E-state index contributed by atoms with van der Waals surface area (Å²) in [5.74, 6) is 0.827. The van der Waals surface area contributed by atoms with Crippen LogP contribution in [0.1, 0.15) is 37.6 Å². The Labute approximate surface area is 177 Å². The van der Waals surface area contributed by atoms with Gasteiger partial charge in [-0.3, -0.25) is 14.6 Å².